The number of amides is 2. The van der Waals surface area contributed by atoms with Crippen LogP contribution in [0.2, 0.25) is 0 Å². The van der Waals surface area contributed by atoms with Gasteiger partial charge in [-0.2, -0.15) is 0 Å². The smallest absolute Gasteiger partial charge is 0.261 e. The number of primary amides is 1. The highest BCUT2D eigenvalue weighted by Gasteiger charge is 2.22. The Balaban J connectivity index is 1.55. The van der Waals surface area contributed by atoms with E-state index in [1.807, 2.05) is 56.3 Å². The number of nitrogens with zero attached hydrogens (tertiary/aromatic N) is 2. The third kappa shape index (κ3) is 4.04. The Kier molecular flexibility index (Phi) is 5.87. The molecule has 8 heteroatoms. The van der Waals surface area contributed by atoms with E-state index in [-0.39, 0.29) is 24.4 Å². The molecule has 0 saturated carbocycles. The number of hydrogen-bond donors (Lipinski definition) is 2. The van der Waals surface area contributed by atoms with Crippen LogP contribution in [0.25, 0.3) is 22.0 Å². The molecular weight excluding hydrogens is 424 g/mol. The van der Waals surface area contributed by atoms with Gasteiger partial charge in [-0.1, -0.05) is 42.5 Å². The van der Waals surface area contributed by atoms with Gasteiger partial charge in [0.05, 0.1) is 22.8 Å². The molecule has 2 aromatic carbocycles. The van der Waals surface area contributed by atoms with Crippen LogP contribution in [-0.2, 0) is 11.3 Å². The van der Waals surface area contributed by atoms with Crippen molar-refractivity contribution in [3.05, 3.63) is 81.2 Å². The molecule has 0 fully saturated rings. The van der Waals surface area contributed by atoms with Crippen LogP contribution < -0.4 is 16.6 Å². The first-order valence-electron chi connectivity index (χ1n) is 10.1. The Morgan fingerprint density at radius 1 is 1.09 bits per heavy atom. The van der Waals surface area contributed by atoms with E-state index in [0.29, 0.717) is 21.5 Å². The van der Waals surface area contributed by atoms with Crippen molar-refractivity contribution in [3.8, 4) is 11.1 Å². The fourth-order valence-electron chi connectivity index (χ4n) is 3.73. The second-order valence-electron chi connectivity index (χ2n) is 7.48. The van der Waals surface area contributed by atoms with Crippen LogP contribution in [0.15, 0.2) is 59.7 Å². The van der Waals surface area contributed by atoms with E-state index in [9.17, 15) is 14.4 Å². The summed E-state index contributed by atoms with van der Waals surface area (Å²) in [5.41, 5.74) is 8.93. The van der Waals surface area contributed by atoms with Crippen LogP contribution in [-0.4, -0.2) is 21.4 Å². The highest BCUT2D eigenvalue weighted by atomic mass is 32.1. The Hall–Kier alpha value is -3.78. The van der Waals surface area contributed by atoms with Crippen molar-refractivity contribution >= 4 is 39.1 Å². The highest BCUT2D eigenvalue weighted by molar-refractivity contribution is 7.17. The Bertz CT molecular complexity index is 1390. The number of fused-ring (bicyclic) bond motifs is 1. The summed E-state index contributed by atoms with van der Waals surface area (Å²) in [4.78, 5) is 42.8. The van der Waals surface area contributed by atoms with E-state index in [4.69, 9.17) is 5.73 Å². The fraction of sp³-hybridized carbons (Fsp3) is 0.167. The number of nitrogens with one attached hydrogen (secondary N) is 1. The third-order valence-electron chi connectivity index (χ3n) is 5.28. The second kappa shape index (κ2) is 8.76. The van der Waals surface area contributed by atoms with Gasteiger partial charge in [0.15, 0.2) is 0 Å². The molecule has 0 unspecified atom stereocenters. The maximum atomic E-state index is 12.7. The number of anilines is 1. The van der Waals surface area contributed by atoms with Crippen LogP contribution in [0.4, 0.5) is 5.00 Å². The van der Waals surface area contributed by atoms with Gasteiger partial charge in [-0.3, -0.25) is 19.0 Å². The zero-order valence-electron chi connectivity index (χ0n) is 17.7. The molecule has 0 aliphatic heterocycles. The van der Waals surface area contributed by atoms with Crippen molar-refractivity contribution in [2.24, 2.45) is 5.73 Å². The molecule has 0 bridgehead atoms. The standard InChI is InChI=1S/C24H22N4O3S/c1-14-7-6-10-17-21(14)26-13-28(24(17)31)12-11-18(29)27-23-20(22(25)30)19(15(2)32-23)16-8-4-3-5-9-16/h3-10,13H,11-12H2,1-2H3,(H2,25,30)(H,27,29). The Labute approximate surface area is 188 Å². The van der Waals surface area contributed by atoms with Crippen molar-refractivity contribution in [2.45, 2.75) is 26.8 Å². The molecule has 0 radical (unpaired) electrons. The Morgan fingerprint density at radius 3 is 2.56 bits per heavy atom. The van der Waals surface area contributed by atoms with E-state index in [1.165, 1.54) is 22.2 Å². The van der Waals surface area contributed by atoms with Gasteiger partial charge < -0.3 is 11.1 Å². The van der Waals surface area contributed by atoms with Crippen LogP contribution in [0.1, 0.15) is 27.2 Å². The number of aryl methyl sites for hydroxylation is 3. The predicted octanol–water partition coefficient (Wildman–Crippen LogP) is 3.87. The fourth-order valence-corrected chi connectivity index (χ4v) is 4.83. The molecule has 4 aromatic rings. The van der Waals surface area contributed by atoms with Crippen molar-refractivity contribution in [3.63, 3.8) is 0 Å². The first-order valence-corrected chi connectivity index (χ1v) is 10.9. The minimum Gasteiger partial charge on any atom is -0.365 e. The van der Waals surface area contributed by atoms with Gasteiger partial charge in [-0.15, -0.1) is 11.3 Å². The number of thiophene rings is 1. The molecule has 0 spiro atoms. The van der Waals surface area contributed by atoms with E-state index in [2.05, 4.69) is 10.3 Å². The van der Waals surface area contributed by atoms with E-state index >= 15 is 0 Å². The minimum absolute atomic E-state index is 0.0503. The summed E-state index contributed by atoms with van der Waals surface area (Å²) in [6.07, 6.45) is 1.51. The van der Waals surface area contributed by atoms with Crippen molar-refractivity contribution in [1.82, 2.24) is 9.55 Å². The number of carbonyl (C=O) groups excluding carboxylic acids is 2. The molecule has 32 heavy (non-hydrogen) atoms. The van der Waals surface area contributed by atoms with Crippen molar-refractivity contribution < 1.29 is 9.59 Å². The summed E-state index contributed by atoms with van der Waals surface area (Å²) in [6.45, 7) is 3.95. The van der Waals surface area contributed by atoms with Crippen LogP contribution in [0, 0.1) is 13.8 Å². The average molecular weight is 447 g/mol. The highest BCUT2D eigenvalue weighted by Crippen LogP contribution is 2.39. The first-order chi connectivity index (χ1) is 15.4. The number of hydrogen-bond acceptors (Lipinski definition) is 5. The molecule has 2 amide bonds. The maximum absolute atomic E-state index is 12.7. The molecule has 7 nitrogen and oxygen atoms in total. The summed E-state index contributed by atoms with van der Waals surface area (Å²) in [7, 11) is 0. The second-order valence-corrected chi connectivity index (χ2v) is 8.70. The molecule has 4 rings (SSSR count). The van der Waals surface area contributed by atoms with Gasteiger partial charge in [0.2, 0.25) is 5.91 Å². The topological polar surface area (TPSA) is 107 Å². The number of rotatable bonds is 6. The number of nitrogens with two attached hydrogens (primary N) is 1. The number of aromatic nitrogens is 2. The lowest BCUT2D eigenvalue weighted by atomic mass is 10.0. The largest absolute Gasteiger partial charge is 0.365 e. The van der Waals surface area contributed by atoms with Crippen molar-refractivity contribution in [1.29, 1.82) is 0 Å². The molecule has 0 aliphatic carbocycles. The van der Waals surface area contributed by atoms with E-state index < -0.39 is 5.91 Å². The third-order valence-corrected chi connectivity index (χ3v) is 6.30. The molecule has 2 aromatic heterocycles. The van der Waals surface area contributed by atoms with Gasteiger partial charge >= 0.3 is 0 Å². The number of benzene rings is 2. The van der Waals surface area contributed by atoms with Gasteiger partial charge in [0.25, 0.3) is 11.5 Å². The average Bonchev–Trinajstić information content (AvgIpc) is 3.10. The SMILES string of the molecule is Cc1sc(NC(=O)CCn2cnc3c(C)cccc3c2=O)c(C(N)=O)c1-c1ccccc1. The van der Waals surface area contributed by atoms with Crippen LogP contribution >= 0.6 is 11.3 Å². The molecule has 162 valence electrons. The Morgan fingerprint density at radius 2 is 1.84 bits per heavy atom. The number of carbonyl (C=O) groups is 2. The number of para-hydroxylation sites is 1. The van der Waals surface area contributed by atoms with Gasteiger partial charge in [-0.25, -0.2) is 4.98 Å². The summed E-state index contributed by atoms with van der Waals surface area (Å²) in [5, 5.41) is 3.74. The summed E-state index contributed by atoms with van der Waals surface area (Å²) < 4.78 is 1.42. The molecule has 3 N–H and O–H groups in total. The molecule has 0 aliphatic rings. The van der Waals surface area contributed by atoms with Gasteiger partial charge in [-0.05, 0) is 31.0 Å². The van der Waals surface area contributed by atoms with Crippen molar-refractivity contribution in [2.75, 3.05) is 5.32 Å². The minimum atomic E-state index is -0.603. The summed E-state index contributed by atoms with van der Waals surface area (Å²) in [6, 6.07) is 14.9. The monoisotopic (exact) mass is 446 g/mol. The van der Waals surface area contributed by atoms with Crippen LogP contribution in [0.3, 0.4) is 0 Å². The predicted molar refractivity (Wildman–Crippen MR) is 127 cm³/mol. The van der Waals surface area contributed by atoms with Crippen LogP contribution in [0.5, 0.6) is 0 Å². The molecule has 2 heterocycles. The maximum Gasteiger partial charge on any atom is 0.261 e. The quantitative estimate of drug-likeness (QED) is 0.469. The zero-order chi connectivity index (χ0) is 22.8. The lowest BCUT2D eigenvalue weighted by molar-refractivity contribution is -0.116. The normalized spacial score (nSPS) is 10.9. The van der Waals surface area contributed by atoms with Gasteiger partial charge in [0, 0.05) is 23.4 Å². The lowest BCUT2D eigenvalue weighted by Crippen LogP contribution is -2.24. The summed E-state index contributed by atoms with van der Waals surface area (Å²) in [5.74, 6) is -0.918. The molecular formula is C24H22N4O3S. The molecule has 0 atom stereocenters. The lowest BCUT2D eigenvalue weighted by Gasteiger charge is -2.09. The first kappa shape index (κ1) is 21.5. The van der Waals surface area contributed by atoms with E-state index in [1.54, 1.807) is 6.07 Å². The molecule has 0 saturated heterocycles. The summed E-state index contributed by atoms with van der Waals surface area (Å²) >= 11 is 1.31. The zero-order valence-corrected chi connectivity index (χ0v) is 18.5. The van der Waals surface area contributed by atoms with Gasteiger partial charge in [0.1, 0.15) is 5.00 Å². The van der Waals surface area contributed by atoms with E-state index in [0.717, 1.165) is 21.6 Å².